The van der Waals surface area contributed by atoms with Crippen LogP contribution in [-0.2, 0) is 19.0 Å². The number of benzene rings is 2. The molecule has 190 valence electrons. The molecule has 8 heteroatoms. The second-order valence-electron chi connectivity index (χ2n) is 9.73. The van der Waals surface area contributed by atoms with Crippen molar-refractivity contribution in [2.45, 2.75) is 39.4 Å². The van der Waals surface area contributed by atoms with E-state index in [1.807, 2.05) is 37.3 Å². The maximum absolute atomic E-state index is 12.9. The van der Waals surface area contributed by atoms with Crippen LogP contribution in [-0.4, -0.2) is 30.4 Å². The highest BCUT2D eigenvalue weighted by Crippen LogP contribution is 2.54. The van der Waals surface area contributed by atoms with Gasteiger partial charge in [-0.25, -0.2) is 14.4 Å². The fraction of sp³-hybridized carbons (Fsp3) is 0.276. The Bertz CT molecular complexity index is 1330. The van der Waals surface area contributed by atoms with Gasteiger partial charge >= 0.3 is 18.2 Å². The molecule has 2 amide bonds. The normalized spacial score (nSPS) is 26.1. The summed E-state index contributed by atoms with van der Waals surface area (Å²) in [5, 5.41) is 5.44. The molecule has 3 aliphatic rings. The molecular weight excluding hydrogens is 472 g/mol. The lowest BCUT2D eigenvalue weighted by Gasteiger charge is -2.48. The van der Waals surface area contributed by atoms with Gasteiger partial charge in [-0.05, 0) is 55.3 Å². The first-order chi connectivity index (χ1) is 17.7. The summed E-state index contributed by atoms with van der Waals surface area (Å²) in [5.41, 5.74) is 2.98. The number of hydrogen-bond donors (Lipinski definition) is 2. The average molecular weight is 501 g/mol. The molecule has 0 unspecified atom stereocenters. The van der Waals surface area contributed by atoms with Gasteiger partial charge in [-0.3, -0.25) is 10.6 Å². The number of para-hydroxylation sites is 2. The lowest BCUT2D eigenvalue weighted by molar-refractivity contribution is -0.133. The van der Waals surface area contributed by atoms with Crippen LogP contribution in [0.2, 0.25) is 0 Å². The fourth-order valence-corrected chi connectivity index (χ4v) is 5.09. The number of carbonyl (C=O) groups is 3. The Morgan fingerprint density at radius 2 is 1.51 bits per heavy atom. The van der Waals surface area contributed by atoms with Gasteiger partial charge in [0.15, 0.2) is 6.10 Å². The second-order valence-corrected chi connectivity index (χ2v) is 9.73. The van der Waals surface area contributed by atoms with Crippen molar-refractivity contribution in [3.8, 4) is 0 Å². The molecule has 0 aromatic heterocycles. The number of hydrogen-bond acceptors (Lipinski definition) is 6. The summed E-state index contributed by atoms with van der Waals surface area (Å²) in [6.07, 6.45) is 1.17. The van der Waals surface area contributed by atoms with Gasteiger partial charge in [0, 0.05) is 33.9 Å². The van der Waals surface area contributed by atoms with E-state index in [9.17, 15) is 14.4 Å². The van der Waals surface area contributed by atoms with Crippen LogP contribution in [0.4, 0.5) is 21.0 Å². The Morgan fingerprint density at radius 3 is 2.11 bits per heavy atom. The van der Waals surface area contributed by atoms with Crippen LogP contribution in [0, 0.1) is 11.3 Å². The van der Waals surface area contributed by atoms with Crippen molar-refractivity contribution in [2.24, 2.45) is 11.3 Å². The molecule has 1 aliphatic heterocycles. The quantitative estimate of drug-likeness (QED) is 0.396. The van der Waals surface area contributed by atoms with E-state index in [2.05, 4.69) is 17.6 Å². The predicted molar refractivity (Wildman–Crippen MR) is 138 cm³/mol. The Morgan fingerprint density at radius 1 is 0.946 bits per heavy atom. The minimum absolute atomic E-state index is 0.266. The van der Waals surface area contributed by atoms with Gasteiger partial charge < -0.3 is 14.2 Å². The Labute approximate surface area is 215 Å². The maximum atomic E-state index is 12.9. The van der Waals surface area contributed by atoms with E-state index in [0.29, 0.717) is 29.1 Å². The summed E-state index contributed by atoms with van der Waals surface area (Å²) in [4.78, 5) is 37.9. The average Bonchev–Trinajstić information content (AvgIpc) is 3.14. The van der Waals surface area contributed by atoms with Crippen LogP contribution in [0.5, 0.6) is 0 Å². The van der Waals surface area contributed by atoms with Crippen molar-refractivity contribution >= 4 is 29.5 Å². The number of allylic oxidation sites excluding steroid dienone is 3. The van der Waals surface area contributed by atoms with Gasteiger partial charge in [0.1, 0.15) is 11.9 Å². The zero-order valence-corrected chi connectivity index (χ0v) is 20.8. The molecule has 2 aromatic rings. The summed E-state index contributed by atoms with van der Waals surface area (Å²) in [6, 6.07) is 17.9. The topological polar surface area (TPSA) is 103 Å². The minimum atomic E-state index is -0.871. The molecule has 0 saturated heterocycles. The van der Waals surface area contributed by atoms with E-state index in [1.54, 1.807) is 49.4 Å². The largest absolute Gasteiger partial charge is 0.441 e. The fourth-order valence-electron chi connectivity index (χ4n) is 5.09. The van der Waals surface area contributed by atoms with Crippen LogP contribution >= 0.6 is 0 Å². The van der Waals surface area contributed by atoms with Crippen molar-refractivity contribution in [3.63, 3.8) is 0 Å². The summed E-state index contributed by atoms with van der Waals surface area (Å²) < 4.78 is 17.2. The Kier molecular flexibility index (Phi) is 6.33. The van der Waals surface area contributed by atoms with Crippen LogP contribution in [0.15, 0.2) is 95.3 Å². The number of amides is 2. The highest BCUT2D eigenvalue weighted by molar-refractivity contribution is 5.94. The van der Waals surface area contributed by atoms with Gasteiger partial charge in [-0.1, -0.05) is 50.2 Å². The van der Waals surface area contributed by atoms with Gasteiger partial charge in [0.2, 0.25) is 0 Å². The molecule has 0 saturated carbocycles. The zero-order chi connectivity index (χ0) is 26.2. The molecule has 37 heavy (non-hydrogen) atoms. The van der Waals surface area contributed by atoms with Crippen LogP contribution in [0.25, 0.3) is 0 Å². The summed E-state index contributed by atoms with van der Waals surface area (Å²) in [5.74, 6) is -0.105. The third-order valence-electron chi connectivity index (χ3n) is 7.44. The van der Waals surface area contributed by atoms with Crippen molar-refractivity contribution in [1.82, 2.24) is 0 Å². The van der Waals surface area contributed by atoms with Crippen molar-refractivity contribution in [1.29, 1.82) is 0 Å². The molecule has 2 aromatic carbocycles. The second kappa shape index (κ2) is 9.61. The number of nitrogens with one attached hydrogen (secondary N) is 2. The lowest BCUT2D eigenvalue weighted by atomic mass is 9.60. The molecule has 0 spiro atoms. The first-order valence-corrected chi connectivity index (χ1v) is 12.2. The molecular formula is C29H28N2O6. The summed E-state index contributed by atoms with van der Waals surface area (Å²) >= 11 is 0. The molecule has 0 radical (unpaired) electrons. The number of esters is 1. The van der Waals surface area contributed by atoms with Gasteiger partial charge in [0.25, 0.3) is 0 Å². The molecule has 0 bridgehead atoms. The van der Waals surface area contributed by atoms with Gasteiger partial charge in [-0.2, -0.15) is 0 Å². The highest BCUT2D eigenvalue weighted by Gasteiger charge is 2.52. The number of anilines is 2. The molecule has 1 heterocycles. The third-order valence-corrected chi connectivity index (χ3v) is 7.44. The van der Waals surface area contributed by atoms with E-state index < -0.39 is 29.8 Å². The number of ether oxygens (including phenoxy) is 3. The molecule has 4 atom stereocenters. The molecule has 0 fully saturated rings. The molecule has 2 N–H and O–H groups in total. The van der Waals surface area contributed by atoms with E-state index >= 15 is 0 Å². The lowest BCUT2D eigenvalue weighted by Crippen LogP contribution is -2.50. The third kappa shape index (κ3) is 4.74. The SMILES string of the molecule is CC1=C2C[C@@]3(C)C(=C[C@H](OC(=O)Nc4ccccc4)[C@H](OC(=O)Nc4ccccc4)[C@@H]3C)C=C2OC1=O. The standard InChI is InChI=1S/C29H28N2O6/c1-17-22-16-29(3)18(2)25(37-28(34)31-21-12-8-5-9-13-21)24(15-19(29)14-23(22)35-26(17)32)36-27(33)30-20-10-6-4-7-11-20/h4-15,18,24-25H,16H2,1-3H3,(H,30,33)(H,31,34)/t18-,24-,25+,29+/m0/s1. The van der Waals surface area contributed by atoms with Gasteiger partial charge in [0.05, 0.1) is 0 Å². The smallest absolute Gasteiger partial charge is 0.412 e. The zero-order valence-electron chi connectivity index (χ0n) is 20.8. The van der Waals surface area contributed by atoms with Crippen LogP contribution < -0.4 is 10.6 Å². The van der Waals surface area contributed by atoms with Crippen molar-refractivity contribution < 1.29 is 28.6 Å². The summed E-state index contributed by atoms with van der Waals surface area (Å²) in [6.45, 7) is 5.78. The van der Waals surface area contributed by atoms with E-state index in [4.69, 9.17) is 14.2 Å². The number of fused-ring (bicyclic) bond motifs is 2. The van der Waals surface area contributed by atoms with Crippen LogP contribution in [0.3, 0.4) is 0 Å². The maximum Gasteiger partial charge on any atom is 0.412 e. The number of rotatable bonds is 4. The van der Waals surface area contributed by atoms with E-state index in [1.165, 1.54) is 0 Å². The first kappa shape index (κ1) is 24.4. The Hall–Kier alpha value is -4.33. The van der Waals surface area contributed by atoms with Crippen molar-refractivity contribution in [3.05, 3.63) is 95.3 Å². The van der Waals surface area contributed by atoms with Crippen LogP contribution in [0.1, 0.15) is 27.2 Å². The number of carbonyl (C=O) groups excluding carboxylic acids is 3. The molecule has 5 rings (SSSR count). The summed E-state index contributed by atoms with van der Waals surface area (Å²) in [7, 11) is 0. The highest BCUT2D eigenvalue weighted by atomic mass is 16.6. The predicted octanol–water partition coefficient (Wildman–Crippen LogP) is 5.96. The van der Waals surface area contributed by atoms with Gasteiger partial charge in [-0.15, -0.1) is 0 Å². The Balaban J connectivity index is 1.45. The minimum Gasteiger partial charge on any atom is -0.441 e. The van der Waals surface area contributed by atoms with E-state index in [0.717, 1.165) is 11.1 Å². The van der Waals surface area contributed by atoms with Crippen molar-refractivity contribution in [2.75, 3.05) is 10.6 Å². The van der Waals surface area contributed by atoms with E-state index in [-0.39, 0.29) is 11.9 Å². The molecule has 8 nitrogen and oxygen atoms in total. The molecule has 2 aliphatic carbocycles. The monoisotopic (exact) mass is 500 g/mol. The first-order valence-electron chi connectivity index (χ1n) is 12.2.